The molecular weight excluding hydrogens is 598 g/mol. The van der Waals surface area contributed by atoms with E-state index in [4.69, 9.17) is 24.7 Å². The standard InChI is InChI=1S/C33H32F2N6O5/c1-43-30-18-24-27(19-31(30)45-14-2-11-40-12-15-44-16-13-40)37-10-9-28(24)46-29-8-5-22(17-25(29)35)38-33(42)32-26(36)20-41(39-32)23-6-3-21(34)4-7-23/h3-10,17-20H,2,11-16,36H2,1H3,(H,38,42). The summed E-state index contributed by atoms with van der Waals surface area (Å²) in [6, 6.07) is 14.7. The lowest BCUT2D eigenvalue weighted by atomic mass is 10.1. The lowest BCUT2D eigenvalue weighted by Crippen LogP contribution is -2.37. The largest absolute Gasteiger partial charge is 0.493 e. The molecule has 1 aliphatic heterocycles. The maximum Gasteiger partial charge on any atom is 0.278 e. The molecule has 11 nitrogen and oxygen atoms in total. The van der Waals surface area contributed by atoms with E-state index in [0.29, 0.717) is 40.4 Å². The zero-order chi connectivity index (χ0) is 32.0. The van der Waals surface area contributed by atoms with Crippen LogP contribution >= 0.6 is 0 Å². The van der Waals surface area contributed by atoms with Gasteiger partial charge >= 0.3 is 0 Å². The van der Waals surface area contributed by atoms with E-state index in [9.17, 15) is 9.18 Å². The average molecular weight is 631 g/mol. The molecule has 2 aromatic heterocycles. The Hall–Kier alpha value is -5.27. The van der Waals surface area contributed by atoms with Crippen molar-refractivity contribution in [3.05, 3.63) is 90.4 Å². The summed E-state index contributed by atoms with van der Waals surface area (Å²) in [5.74, 6) is -0.409. The predicted molar refractivity (Wildman–Crippen MR) is 168 cm³/mol. The maximum absolute atomic E-state index is 15.2. The number of rotatable bonds is 11. The normalized spacial score (nSPS) is 13.5. The Morgan fingerprint density at radius 2 is 1.80 bits per heavy atom. The number of methoxy groups -OCH3 is 1. The van der Waals surface area contributed by atoms with Gasteiger partial charge in [-0.2, -0.15) is 5.10 Å². The van der Waals surface area contributed by atoms with Gasteiger partial charge in [-0.05, 0) is 55.0 Å². The summed E-state index contributed by atoms with van der Waals surface area (Å²) in [5, 5.41) is 7.40. The van der Waals surface area contributed by atoms with Gasteiger partial charge in [0.15, 0.2) is 28.8 Å². The highest BCUT2D eigenvalue weighted by Crippen LogP contribution is 2.38. The molecule has 0 atom stereocenters. The number of morpholine rings is 1. The molecule has 0 saturated carbocycles. The van der Waals surface area contributed by atoms with Gasteiger partial charge < -0.3 is 30.0 Å². The Bertz CT molecular complexity index is 1840. The van der Waals surface area contributed by atoms with Crippen LogP contribution in [-0.2, 0) is 4.74 Å². The van der Waals surface area contributed by atoms with Gasteiger partial charge in [0.05, 0.1) is 50.0 Å². The van der Waals surface area contributed by atoms with Crippen LogP contribution in [0.5, 0.6) is 23.0 Å². The molecule has 1 fully saturated rings. The number of nitrogens with two attached hydrogens (primary N) is 1. The minimum Gasteiger partial charge on any atom is -0.493 e. The number of halogens is 2. The Morgan fingerprint density at radius 3 is 2.57 bits per heavy atom. The summed E-state index contributed by atoms with van der Waals surface area (Å²) in [5.41, 5.74) is 7.30. The smallest absolute Gasteiger partial charge is 0.278 e. The van der Waals surface area contributed by atoms with Crippen molar-refractivity contribution in [1.29, 1.82) is 0 Å². The number of carbonyl (C=O) groups is 1. The van der Waals surface area contributed by atoms with Gasteiger partial charge in [-0.1, -0.05) is 0 Å². The van der Waals surface area contributed by atoms with Crippen LogP contribution in [0.2, 0.25) is 0 Å². The molecule has 3 aromatic carbocycles. The second kappa shape index (κ2) is 13.8. The first-order valence-electron chi connectivity index (χ1n) is 14.7. The molecule has 1 aliphatic rings. The quantitative estimate of drug-likeness (QED) is 0.184. The van der Waals surface area contributed by atoms with Crippen LogP contribution in [0.25, 0.3) is 16.6 Å². The molecule has 0 unspecified atom stereocenters. The molecule has 1 saturated heterocycles. The van der Waals surface area contributed by atoms with Crippen molar-refractivity contribution in [3.8, 4) is 28.7 Å². The van der Waals surface area contributed by atoms with E-state index in [1.807, 2.05) is 0 Å². The third-order valence-corrected chi connectivity index (χ3v) is 7.43. The van der Waals surface area contributed by atoms with Gasteiger partial charge in [0.1, 0.15) is 11.6 Å². The van der Waals surface area contributed by atoms with Crippen molar-refractivity contribution in [1.82, 2.24) is 19.7 Å². The van der Waals surface area contributed by atoms with Crippen LogP contribution in [0.15, 0.2) is 73.1 Å². The van der Waals surface area contributed by atoms with Crippen LogP contribution in [-0.4, -0.2) is 72.1 Å². The van der Waals surface area contributed by atoms with Gasteiger partial charge in [0.2, 0.25) is 0 Å². The van der Waals surface area contributed by atoms with Crippen molar-refractivity contribution in [2.45, 2.75) is 6.42 Å². The Balaban J connectivity index is 1.13. The minimum absolute atomic E-state index is 0.0620. The van der Waals surface area contributed by atoms with Crippen molar-refractivity contribution in [2.24, 2.45) is 0 Å². The third kappa shape index (κ3) is 7.00. The number of carbonyl (C=O) groups excluding carboxylic acids is 1. The number of nitrogens with zero attached hydrogens (tertiary/aromatic N) is 4. The molecule has 0 spiro atoms. The first-order chi connectivity index (χ1) is 22.4. The summed E-state index contributed by atoms with van der Waals surface area (Å²) in [4.78, 5) is 19.7. The van der Waals surface area contributed by atoms with Gasteiger partial charge in [-0.3, -0.25) is 14.7 Å². The maximum atomic E-state index is 15.2. The van der Waals surface area contributed by atoms with Crippen LogP contribution in [0.3, 0.4) is 0 Å². The van der Waals surface area contributed by atoms with E-state index in [-0.39, 0.29) is 22.8 Å². The minimum atomic E-state index is -0.709. The van der Waals surface area contributed by atoms with Gasteiger partial charge in [0.25, 0.3) is 5.91 Å². The number of benzene rings is 3. The van der Waals surface area contributed by atoms with E-state index in [2.05, 4.69) is 20.3 Å². The molecule has 238 valence electrons. The third-order valence-electron chi connectivity index (χ3n) is 7.43. The fraction of sp³-hybridized carbons (Fsp3) is 0.242. The number of ether oxygens (including phenoxy) is 4. The molecule has 46 heavy (non-hydrogen) atoms. The summed E-state index contributed by atoms with van der Waals surface area (Å²) in [6.07, 6.45) is 3.85. The number of hydrogen-bond acceptors (Lipinski definition) is 9. The number of pyridine rings is 1. The summed E-state index contributed by atoms with van der Waals surface area (Å²) < 4.78 is 52.8. The van der Waals surface area contributed by atoms with Crippen molar-refractivity contribution >= 4 is 28.2 Å². The van der Waals surface area contributed by atoms with E-state index in [0.717, 1.165) is 45.3 Å². The lowest BCUT2D eigenvalue weighted by molar-refractivity contribution is 0.0357. The second-order valence-corrected chi connectivity index (χ2v) is 10.5. The summed E-state index contributed by atoms with van der Waals surface area (Å²) in [7, 11) is 1.55. The Kier molecular flexibility index (Phi) is 9.22. The van der Waals surface area contributed by atoms with Gasteiger partial charge in [-0.25, -0.2) is 13.5 Å². The SMILES string of the molecule is COc1cc2c(Oc3ccc(NC(=O)c4nn(-c5ccc(F)cc5)cc4N)cc3F)ccnc2cc1OCCCN1CCOCC1. The fourth-order valence-corrected chi connectivity index (χ4v) is 5.04. The van der Waals surface area contributed by atoms with Crippen LogP contribution < -0.4 is 25.3 Å². The number of amides is 1. The highest BCUT2D eigenvalue weighted by Gasteiger charge is 2.18. The molecule has 1 amide bonds. The number of anilines is 2. The molecule has 13 heteroatoms. The van der Waals surface area contributed by atoms with Crippen LogP contribution in [0.4, 0.5) is 20.2 Å². The molecule has 5 aromatic rings. The van der Waals surface area contributed by atoms with Crippen molar-refractivity contribution < 1.29 is 32.5 Å². The molecule has 0 radical (unpaired) electrons. The van der Waals surface area contributed by atoms with E-state index in [1.165, 1.54) is 47.3 Å². The van der Waals surface area contributed by atoms with Gasteiger partial charge in [0, 0.05) is 49.0 Å². The van der Waals surface area contributed by atoms with Crippen LogP contribution in [0.1, 0.15) is 16.9 Å². The van der Waals surface area contributed by atoms with E-state index >= 15 is 4.39 Å². The van der Waals surface area contributed by atoms with Crippen molar-refractivity contribution in [2.75, 3.05) is 57.6 Å². The molecule has 3 heterocycles. The van der Waals surface area contributed by atoms with E-state index < -0.39 is 17.5 Å². The zero-order valence-electron chi connectivity index (χ0n) is 25.0. The highest BCUT2D eigenvalue weighted by molar-refractivity contribution is 6.06. The Labute approximate surface area is 263 Å². The lowest BCUT2D eigenvalue weighted by Gasteiger charge is -2.26. The van der Waals surface area contributed by atoms with Crippen molar-refractivity contribution in [3.63, 3.8) is 0 Å². The average Bonchev–Trinajstić information content (AvgIpc) is 3.46. The molecule has 6 rings (SSSR count). The molecule has 0 bridgehead atoms. The number of aromatic nitrogens is 3. The molecule has 3 N–H and O–H groups in total. The second-order valence-electron chi connectivity index (χ2n) is 10.5. The summed E-state index contributed by atoms with van der Waals surface area (Å²) >= 11 is 0. The number of nitrogens with one attached hydrogen (secondary N) is 1. The predicted octanol–water partition coefficient (Wildman–Crippen LogP) is 5.44. The monoisotopic (exact) mass is 630 g/mol. The van der Waals surface area contributed by atoms with Crippen LogP contribution in [0, 0.1) is 11.6 Å². The van der Waals surface area contributed by atoms with E-state index in [1.54, 1.807) is 31.5 Å². The number of nitrogen functional groups attached to an aromatic ring is 1. The fourth-order valence-electron chi connectivity index (χ4n) is 5.04. The topological polar surface area (TPSA) is 126 Å². The number of hydrogen-bond donors (Lipinski definition) is 2. The first kappa shape index (κ1) is 30.7. The Morgan fingerprint density at radius 1 is 1.00 bits per heavy atom. The molecular formula is C33H32F2N6O5. The van der Waals surface area contributed by atoms with Gasteiger partial charge in [-0.15, -0.1) is 0 Å². The number of fused-ring (bicyclic) bond motifs is 1. The zero-order valence-corrected chi connectivity index (χ0v) is 25.0. The first-order valence-corrected chi connectivity index (χ1v) is 14.7. The highest BCUT2D eigenvalue weighted by atomic mass is 19.1. The summed E-state index contributed by atoms with van der Waals surface area (Å²) in [6.45, 7) is 4.77. The molecule has 0 aliphatic carbocycles.